The molecule has 132 valence electrons. The van der Waals surface area contributed by atoms with Crippen LogP contribution in [0.1, 0.15) is 42.1 Å². The average molecular weight is 360 g/mol. The van der Waals surface area contributed by atoms with Crippen LogP contribution < -0.4 is 10.1 Å². The van der Waals surface area contributed by atoms with Crippen molar-refractivity contribution in [3.63, 3.8) is 0 Å². The predicted molar refractivity (Wildman–Crippen MR) is 99.1 cm³/mol. The van der Waals surface area contributed by atoms with E-state index >= 15 is 0 Å². The lowest BCUT2D eigenvalue weighted by Gasteiger charge is -2.07. The number of unbranched alkanes of at least 4 members (excludes halogenated alkanes) is 1. The number of hydrogen-bond donors (Lipinski definition) is 1. The molecular weight excluding hydrogens is 338 g/mol. The van der Waals surface area contributed by atoms with Crippen molar-refractivity contribution in [2.24, 2.45) is 0 Å². The van der Waals surface area contributed by atoms with Crippen LogP contribution in [-0.4, -0.2) is 18.4 Å². The summed E-state index contributed by atoms with van der Waals surface area (Å²) in [6.07, 6.45) is 2.94. The normalized spacial score (nSPS) is 10.3. The van der Waals surface area contributed by atoms with E-state index in [1.54, 1.807) is 36.4 Å². The van der Waals surface area contributed by atoms with Crippen LogP contribution in [-0.2, 0) is 11.2 Å². The van der Waals surface area contributed by atoms with E-state index in [0.29, 0.717) is 35.7 Å². The maximum atomic E-state index is 12.0. The predicted octanol–water partition coefficient (Wildman–Crippen LogP) is 4.41. The summed E-state index contributed by atoms with van der Waals surface area (Å²) in [6, 6.07) is 14.1. The van der Waals surface area contributed by atoms with Gasteiger partial charge >= 0.3 is 5.97 Å². The Bertz CT molecular complexity index is 696. The third-order valence-corrected chi connectivity index (χ3v) is 3.95. The van der Waals surface area contributed by atoms with Crippen molar-refractivity contribution in [1.82, 2.24) is 5.32 Å². The van der Waals surface area contributed by atoms with Crippen molar-refractivity contribution in [3.05, 3.63) is 64.7 Å². The molecule has 1 amide bonds. The lowest BCUT2D eigenvalue weighted by atomic mass is 10.1. The van der Waals surface area contributed by atoms with Crippen molar-refractivity contribution < 1.29 is 14.3 Å². The Balaban J connectivity index is 1.76. The van der Waals surface area contributed by atoms with Gasteiger partial charge in [0.2, 0.25) is 0 Å². The highest BCUT2D eigenvalue weighted by molar-refractivity contribution is 6.30. The molecule has 0 aromatic heterocycles. The van der Waals surface area contributed by atoms with Gasteiger partial charge in [-0.1, -0.05) is 37.1 Å². The lowest BCUT2D eigenvalue weighted by molar-refractivity contribution is -0.134. The summed E-state index contributed by atoms with van der Waals surface area (Å²) in [5, 5.41) is 3.47. The zero-order valence-corrected chi connectivity index (χ0v) is 15.0. The smallest absolute Gasteiger partial charge is 0.311 e. The first-order valence-electron chi connectivity index (χ1n) is 8.42. The topological polar surface area (TPSA) is 55.4 Å². The monoisotopic (exact) mass is 359 g/mol. The molecule has 0 aliphatic heterocycles. The Kier molecular flexibility index (Phi) is 7.48. The number of nitrogens with one attached hydrogen (secondary N) is 1. The molecule has 1 N–H and O–H groups in total. The molecule has 0 atom stereocenters. The van der Waals surface area contributed by atoms with Crippen LogP contribution in [0.25, 0.3) is 0 Å². The third-order valence-electron chi connectivity index (χ3n) is 3.70. The second kappa shape index (κ2) is 9.84. The van der Waals surface area contributed by atoms with Gasteiger partial charge in [-0.05, 0) is 54.8 Å². The number of rotatable bonds is 8. The summed E-state index contributed by atoms with van der Waals surface area (Å²) in [7, 11) is 0. The lowest BCUT2D eigenvalue weighted by Crippen LogP contribution is -2.25. The van der Waals surface area contributed by atoms with Crippen molar-refractivity contribution in [1.29, 1.82) is 0 Å². The quantitative estimate of drug-likeness (QED) is 0.561. The summed E-state index contributed by atoms with van der Waals surface area (Å²) < 4.78 is 5.26. The first-order chi connectivity index (χ1) is 12.1. The van der Waals surface area contributed by atoms with Crippen LogP contribution in [0.15, 0.2) is 48.5 Å². The molecular formula is C20H22ClNO3. The van der Waals surface area contributed by atoms with Gasteiger partial charge in [-0.2, -0.15) is 0 Å². The van der Waals surface area contributed by atoms with Gasteiger partial charge in [0.25, 0.3) is 5.91 Å². The van der Waals surface area contributed by atoms with Gasteiger partial charge in [-0.3, -0.25) is 9.59 Å². The summed E-state index contributed by atoms with van der Waals surface area (Å²) in [5.74, 6) is 0.220. The molecule has 0 saturated carbocycles. The number of halogens is 1. The van der Waals surface area contributed by atoms with Crippen LogP contribution in [0, 0.1) is 0 Å². The van der Waals surface area contributed by atoms with Crippen molar-refractivity contribution in [3.8, 4) is 5.75 Å². The van der Waals surface area contributed by atoms with E-state index < -0.39 is 0 Å². The highest BCUT2D eigenvalue weighted by Gasteiger charge is 2.06. The Labute approximate surface area is 153 Å². The van der Waals surface area contributed by atoms with E-state index in [9.17, 15) is 9.59 Å². The summed E-state index contributed by atoms with van der Waals surface area (Å²) in [5.41, 5.74) is 1.64. The van der Waals surface area contributed by atoms with E-state index in [-0.39, 0.29) is 11.9 Å². The highest BCUT2D eigenvalue weighted by Crippen LogP contribution is 2.14. The fraction of sp³-hybridized carbons (Fsp3) is 0.300. The molecule has 25 heavy (non-hydrogen) atoms. The number of carbonyl (C=O) groups excluding carboxylic acids is 2. The van der Waals surface area contributed by atoms with Gasteiger partial charge in [0, 0.05) is 23.6 Å². The number of carbonyl (C=O) groups is 2. The largest absolute Gasteiger partial charge is 0.427 e. The van der Waals surface area contributed by atoms with Crippen LogP contribution in [0.3, 0.4) is 0 Å². The second-order valence-electron chi connectivity index (χ2n) is 5.73. The van der Waals surface area contributed by atoms with Crippen molar-refractivity contribution >= 4 is 23.5 Å². The second-order valence-corrected chi connectivity index (χ2v) is 6.17. The molecule has 2 rings (SSSR count). The van der Waals surface area contributed by atoms with Gasteiger partial charge in [0.05, 0.1) is 0 Å². The fourth-order valence-electron chi connectivity index (χ4n) is 2.25. The van der Waals surface area contributed by atoms with Crippen LogP contribution in [0.2, 0.25) is 5.02 Å². The van der Waals surface area contributed by atoms with Crippen molar-refractivity contribution in [2.75, 3.05) is 6.54 Å². The van der Waals surface area contributed by atoms with Gasteiger partial charge < -0.3 is 10.1 Å². The average Bonchev–Trinajstić information content (AvgIpc) is 2.62. The van der Waals surface area contributed by atoms with Crippen molar-refractivity contribution in [2.45, 2.75) is 32.6 Å². The van der Waals surface area contributed by atoms with E-state index in [4.69, 9.17) is 16.3 Å². The Morgan fingerprint density at radius 1 is 1.04 bits per heavy atom. The molecule has 0 radical (unpaired) electrons. The van der Waals surface area contributed by atoms with Crippen LogP contribution in [0.4, 0.5) is 0 Å². The number of ether oxygens (including phenoxy) is 1. The highest BCUT2D eigenvalue weighted by atomic mass is 35.5. The van der Waals surface area contributed by atoms with E-state index in [2.05, 4.69) is 5.32 Å². The molecule has 0 bridgehead atoms. The minimum atomic E-state index is -0.204. The SMILES string of the molecule is CCCCC(=O)Oc1ccc(CCNC(=O)c2ccc(Cl)cc2)cc1. The van der Waals surface area contributed by atoms with Crippen LogP contribution >= 0.6 is 11.6 Å². The molecule has 0 aliphatic rings. The standard InChI is InChI=1S/C20H22ClNO3/c1-2-3-4-19(23)25-18-11-5-15(6-12-18)13-14-22-20(24)16-7-9-17(21)10-8-16/h5-12H,2-4,13-14H2,1H3,(H,22,24). The minimum absolute atomic E-state index is 0.127. The Morgan fingerprint density at radius 3 is 2.36 bits per heavy atom. The number of esters is 1. The first-order valence-corrected chi connectivity index (χ1v) is 8.79. The number of hydrogen-bond acceptors (Lipinski definition) is 3. The Morgan fingerprint density at radius 2 is 1.72 bits per heavy atom. The molecule has 0 fully saturated rings. The third kappa shape index (κ3) is 6.59. The summed E-state index contributed by atoms with van der Waals surface area (Å²) >= 11 is 5.81. The molecule has 0 heterocycles. The van der Waals surface area contributed by atoms with E-state index in [1.807, 2.05) is 19.1 Å². The van der Waals surface area contributed by atoms with Gasteiger partial charge in [-0.15, -0.1) is 0 Å². The Hall–Kier alpha value is -2.33. The summed E-state index contributed by atoms with van der Waals surface area (Å²) in [4.78, 5) is 23.6. The zero-order valence-electron chi connectivity index (χ0n) is 14.3. The van der Waals surface area contributed by atoms with E-state index in [1.165, 1.54) is 0 Å². The molecule has 2 aromatic rings. The first kappa shape index (κ1) is 19.0. The zero-order chi connectivity index (χ0) is 18.1. The molecule has 0 spiro atoms. The van der Waals surface area contributed by atoms with Gasteiger partial charge in [-0.25, -0.2) is 0 Å². The number of amides is 1. The van der Waals surface area contributed by atoms with Crippen LogP contribution in [0.5, 0.6) is 5.75 Å². The maximum Gasteiger partial charge on any atom is 0.311 e. The maximum absolute atomic E-state index is 12.0. The molecule has 0 saturated heterocycles. The minimum Gasteiger partial charge on any atom is -0.427 e. The molecule has 0 aliphatic carbocycles. The fourth-order valence-corrected chi connectivity index (χ4v) is 2.38. The molecule has 4 nitrogen and oxygen atoms in total. The molecule has 0 unspecified atom stereocenters. The van der Waals surface area contributed by atoms with E-state index in [0.717, 1.165) is 18.4 Å². The molecule has 5 heteroatoms. The van der Waals surface area contributed by atoms with Gasteiger partial charge in [0.15, 0.2) is 0 Å². The number of benzene rings is 2. The molecule has 2 aromatic carbocycles. The van der Waals surface area contributed by atoms with Gasteiger partial charge in [0.1, 0.15) is 5.75 Å². The summed E-state index contributed by atoms with van der Waals surface area (Å²) in [6.45, 7) is 2.56.